The molecule has 5 heteroatoms. The van der Waals surface area contributed by atoms with Crippen LogP contribution in [0.3, 0.4) is 0 Å². The zero-order valence-electron chi connectivity index (χ0n) is 15.6. The van der Waals surface area contributed by atoms with E-state index < -0.39 is 0 Å². The molecule has 1 aliphatic carbocycles. The number of carbonyl (C=O) groups is 1. The summed E-state index contributed by atoms with van der Waals surface area (Å²) >= 11 is 0. The lowest BCUT2D eigenvalue weighted by molar-refractivity contribution is 0.214. The Labute approximate surface area is 159 Å². The highest BCUT2D eigenvalue weighted by Crippen LogP contribution is 2.40. The SMILES string of the molecule is COc1ccc(CN2CC3(CCC(c4cccc(F)c4)CC3)NC2=O)cc1. The second-order valence-electron chi connectivity index (χ2n) is 7.74. The van der Waals surface area contributed by atoms with Crippen molar-refractivity contribution in [3.05, 3.63) is 65.5 Å². The summed E-state index contributed by atoms with van der Waals surface area (Å²) in [7, 11) is 1.65. The van der Waals surface area contributed by atoms with Crippen LogP contribution in [0.2, 0.25) is 0 Å². The molecule has 4 rings (SSSR count). The molecule has 4 nitrogen and oxygen atoms in total. The van der Waals surface area contributed by atoms with Gasteiger partial charge in [-0.25, -0.2) is 9.18 Å². The molecule has 27 heavy (non-hydrogen) atoms. The lowest BCUT2D eigenvalue weighted by Gasteiger charge is -2.36. The van der Waals surface area contributed by atoms with Crippen LogP contribution in [0, 0.1) is 5.82 Å². The van der Waals surface area contributed by atoms with Crippen LogP contribution in [0.4, 0.5) is 9.18 Å². The summed E-state index contributed by atoms with van der Waals surface area (Å²) in [6, 6.07) is 14.8. The maximum atomic E-state index is 13.5. The van der Waals surface area contributed by atoms with Crippen LogP contribution in [-0.4, -0.2) is 30.1 Å². The second kappa shape index (κ2) is 7.22. The van der Waals surface area contributed by atoms with Crippen LogP contribution in [0.1, 0.15) is 42.7 Å². The number of nitrogens with one attached hydrogen (secondary N) is 1. The first kappa shape index (κ1) is 17.8. The zero-order valence-corrected chi connectivity index (χ0v) is 15.6. The normalized spacial score (nSPS) is 24.9. The van der Waals surface area contributed by atoms with Crippen LogP contribution < -0.4 is 10.1 Å². The number of amides is 2. The third kappa shape index (κ3) is 3.77. The summed E-state index contributed by atoms with van der Waals surface area (Å²) in [4.78, 5) is 14.4. The van der Waals surface area contributed by atoms with Gasteiger partial charge in [-0.05, 0) is 67.0 Å². The predicted molar refractivity (Wildman–Crippen MR) is 102 cm³/mol. The standard InChI is InChI=1S/C22H25FN2O2/c1-27-20-7-5-16(6-8-20)14-25-15-22(24-21(25)26)11-9-17(10-12-22)18-3-2-4-19(23)13-18/h2-8,13,17H,9-12,14-15H2,1H3,(H,24,26). The van der Waals surface area contributed by atoms with E-state index in [9.17, 15) is 9.18 Å². The molecule has 0 aromatic heterocycles. The average Bonchev–Trinajstić information content (AvgIpc) is 2.97. The number of halogens is 1. The molecule has 1 N–H and O–H groups in total. The van der Waals surface area contributed by atoms with Gasteiger partial charge in [0.2, 0.25) is 0 Å². The Bertz CT molecular complexity index is 813. The van der Waals surface area contributed by atoms with Crippen LogP contribution >= 0.6 is 0 Å². The van der Waals surface area contributed by atoms with E-state index in [1.807, 2.05) is 35.2 Å². The molecular weight excluding hydrogens is 343 g/mol. The molecular formula is C22H25FN2O2. The molecule has 0 radical (unpaired) electrons. The summed E-state index contributed by atoms with van der Waals surface area (Å²) in [6.45, 7) is 1.33. The minimum Gasteiger partial charge on any atom is -0.497 e. The fourth-order valence-corrected chi connectivity index (χ4v) is 4.41. The van der Waals surface area contributed by atoms with Crippen molar-refractivity contribution < 1.29 is 13.9 Å². The van der Waals surface area contributed by atoms with Gasteiger partial charge in [-0.15, -0.1) is 0 Å². The van der Waals surface area contributed by atoms with Crippen LogP contribution in [0.15, 0.2) is 48.5 Å². The molecule has 1 saturated carbocycles. The van der Waals surface area contributed by atoms with Gasteiger partial charge in [-0.2, -0.15) is 0 Å². The number of hydrogen-bond acceptors (Lipinski definition) is 2. The predicted octanol–water partition coefficient (Wildman–Crippen LogP) is 4.46. The van der Waals surface area contributed by atoms with E-state index in [0.717, 1.165) is 49.1 Å². The summed E-state index contributed by atoms with van der Waals surface area (Å²) in [5.74, 6) is 1.02. The topological polar surface area (TPSA) is 41.6 Å². The van der Waals surface area contributed by atoms with E-state index in [2.05, 4.69) is 5.32 Å². The molecule has 2 amide bonds. The van der Waals surface area contributed by atoms with E-state index in [-0.39, 0.29) is 17.4 Å². The molecule has 2 aromatic carbocycles. The number of urea groups is 1. The van der Waals surface area contributed by atoms with Gasteiger partial charge in [-0.1, -0.05) is 24.3 Å². The van der Waals surface area contributed by atoms with Crippen molar-refractivity contribution in [1.82, 2.24) is 10.2 Å². The van der Waals surface area contributed by atoms with Gasteiger partial charge in [0.1, 0.15) is 11.6 Å². The van der Waals surface area contributed by atoms with Crippen molar-refractivity contribution in [2.24, 2.45) is 0 Å². The number of benzene rings is 2. The van der Waals surface area contributed by atoms with Gasteiger partial charge in [0.05, 0.1) is 12.6 Å². The summed E-state index contributed by atoms with van der Waals surface area (Å²) in [5.41, 5.74) is 2.02. The lowest BCUT2D eigenvalue weighted by atomic mass is 9.74. The number of ether oxygens (including phenoxy) is 1. The van der Waals surface area contributed by atoms with Gasteiger partial charge in [0.25, 0.3) is 0 Å². The van der Waals surface area contributed by atoms with Gasteiger partial charge in [-0.3, -0.25) is 0 Å². The molecule has 2 aromatic rings. The molecule has 2 aliphatic rings. The van der Waals surface area contributed by atoms with E-state index in [1.54, 1.807) is 19.2 Å². The Kier molecular flexibility index (Phi) is 4.77. The number of methoxy groups -OCH3 is 1. The largest absolute Gasteiger partial charge is 0.497 e. The number of hydrogen-bond donors (Lipinski definition) is 1. The van der Waals surface area contributed by atoms with Crippen LogP contribution in [0.5, 0.6) is 5.75 Å². The van der Waals surface area contributed by atoms with Crippen molar-refractivity contribution in [1.29, 1.82) is 0 Å². The molecule has 0 atom stereocenters. The Balaban J connectivity index is 1.38. The zero-order chi connectivity index (χ0) is 18.9. The molecule has 1 aliphatic heterocycles. The molecule has 0 bridgehead atoms. The molecule has 0 unspecified atom stereocenters. The maximum absolute atomic E-state index is 13.5. The van der Waals surface area contributed by atoms with Crippen molar-refractivity contribution in [2.45, 2.75) is 43.7 Å². The third-order valence-electron chi connectivity index (χ3n) is 5.95. The first-order valence-corrected chi connectivity index (χ1v) is 9.52. The Hall–Kier alpha value is -2.56. The number of carbonyl (C=O) groups excluding carboxylic acids is 1. The quantitative estimate of drug-likeness (QED) is 0.866. The minimum absolute atomic E-state index is 0.00928. The Morgan fingerprint density at radius 1 is 1.19 bits per heavy atom. The van der Waals surface area contributed by atoms with Crippen LogP contribution in [0.25, 0.3) is 0 Å². The van der Waals surface area contributed by atoms with Crippen molar-refractivity contribution in [3.63, 3.8) is 0 Å². The van der Waals surface area contributed by atoms with E-state index in [1.165, 1.54) is 6.07 Å². The number of rotatable bonds is 4. The molecule has 1 heterocycles. The fourth-order valence-electron chi connectivity index (χ4n) is 4.41. The first-order chi connectivity index (χ1) is 13.1. The minimum atomic E-state index is -0.173. The summed E-state index contributed by atoms with van der Waals surface area (Å²) in [5, 5.41) is 3.23. The van der Waals surface area contributed by atoms with E-state index >= 15 is 0 Å². The highest BCUT2D eigenvalue weighted by atomic mass is 19.1. The molecule has 142 valence electrons. The van der Waals surface area contributed by atoms with Crippen molar-refractivity contribution in [2.75, 3.05) is 13.7 Å². The first-order valence-electron chi connectivity index (χ1n) is 9.52. The summed E-state index contributed by atoms with van der Waals surface area (Å²) < 4.78 is 18.7. The highest BCUT2D eigenvalue weighted by Gasteiger charge is 2.44. The fraction of sp³-hybridized carbons (Fsp3) is 0.409. The van der Waals surface area contributed by atoms with Crippen LogP contribution in [-0.2, 0) is 6.54 Å². The van der Waals surface area contributed by atoms with E-state index in [0.29, 0.717) is 12.5 Å². The monoisotopic (exact) mass is 368 g/mol. The van der Waals surface area contributed by atoms with Gasteiger partial charge in [0.15, 0.2) is 0 Å². The molecule has 2 fully saturated rings. The molecule has 1 spiro atoms. The highest BCUT2D eigenvalue weighted by molar-refractivity contribution is 5.78. The smallest absolute Gasteiger partial charge is 0.318 e. The third-order valence-corrected chi connectivity index (χ3v) is 5.95. The maximum Gasteiger partial charge on any atom is 0.318 e. The molecule has 1 saturated heterocycles. The number of nitrogens with zero attached hydrogens (tertiary/aromatic N) is 1. The summed E-state index contributed by atoms with van der Waals surface area (Å²) in [6.07, 6.45) is 3.80. The van der Waals surface area contributed by atoms with Crippen molar-refractivity contribution in [3.8, 4) is 5.75 Å². The lowest BCUT2D eigenvalue weighted by Crippen LogP contribution is -2.46. The van der Waals surface area contributed by atoms with Crippen molar-refractivity contribution >= 4 is 6.03 Å². The Morgan fingerprint density at radius 3 is 2.59 bits per heavy atom. The second-order valence-corrected chi connectivity index (χ2v) is 7.74. The van der Waals surface area contributed by atoms with E-state index in [4.69, 9.17) is 4.74 Å². The van der Waals surface area contributed by atoms with Gasteiger partial charge >= 0.3 is 6.03 Å². The van der Waals surface area contributed by atoms with Gasteiger partial charge in [0, 0.05) is 13.1 Å². The average molecular weight is 368 g/mol. The van der Waals surface area contributed by atoms with Gasteiger partial charge < -0.3 is 15.0 Å². The Morgan fingerprint density at radius 2 is 1.93 bits per heavy atom.